The predicted molar refractivity (Wildman–Crippen MR) is 99.2 cm³/mol. The Morgan fingerprint density at radius 2 is 1.85 bits per heavy atom. The molecule has 0 aliphatic carbocycles. The molecule has 0 atom stereocenters. The minimum Gasteiger partial charge on any atom is -0.422 e. The molecule has 0 aliphatic rings. The molecule has 7 nitrogen and oxygen atoms in total. The van der Waals surface area contributed by atoms with Crippen LogP contribution < -0.4 is 10.4 Å². The second-order valence-corrected chi connectivity index (χ2v) is 5.96. The third kappa shape index (κ3) is 3.72. The number of rotatable bonds is 6. The summed E-state index contributed by atoms with van der Waals surface area (Å²) in [6.45, 7) is 1.97. The van der Waals surface area contributed by atoms with Gasteiger partial charge in [-0.05, 0) is 31.0 Å². The van der Waals surface area contributed by atoms with Crippen molar-refractivity contribution in [2.75, 3.05) is 0 Å². The molecule has 0 saturated heterocycles. The largest absolute Gasteiger partial charge is 0.422 e. The van der Waals surface area contributed by atoms with E-state index in [0.717, 1.165) is 6.42 Å². The number of nitrogens with zero attached hydrogens (tertiary/aromatic N) is 1. The number of hydrogen-bond acceptors (Lipinski definition) is 6. The van der Waals surface area contributed by atoms with Gasteiger partial charge < -0.3 is 9.15 Å². The SMILES string of the molecule is CCCCc1c(OC(=O)c2ccccc2[N+](=O)[O-])c2ccccc2oc1=O. The van der Waals surface area contributed by atoms with Gasteiger partial charge in [0, 0.05) is 6.07 Å². The van der Waals surface area contributed by atoms with Gasteiger partial charge in [-0.25, -0.2) is 9.59 Å². The fourth-order valence-electron chi connectivity index (χ4n) is 2.80. The van der Waals surface area contributed by atoms with Crippen molar-refractivity contribution in [2.24, 2.45) is 0 Å². The Bertz CT molecular complexity index is 1070. The molecular formula is C20H17NO6. The molecule has 0 unspecified atom stereocenters. The number of carbonyl (C=O) groups excluding carboxylic acids is 1. The first-order valence-electron chi connectivity index (χ1n) is 8.53. The summed E-state index contributed by atoms with van der Waals surface area (Å²) in [5.41, 5.74) is -0.575. The molecule has 1 aromatic heterocycles. The number of nitro benzene ring substituents is 1. The van der Waals surface area contributed by atoms with Crippen molar-refractivity contribution in [1.29, 1.82) is 0 Å². The number of esters is 1. The Hall–Kier alpha value is -3.48. The van der Waals surface area contributed by atoms with E-state index in [9.17, 15) is 19.7 Å². The first kappa shape index (κ1) is 18.3. The number of ether oxygens (including phenoxy) is 1. The highest BCUT2D eigenvalue weighted by molar-refractivity contribution is 5.97. The Morgan fingerprint density at radius 1 is 1.15 bits per heavy atom. The van der Waals surface area contributed by atoms with Crippen molar-refractivity contribution in [2.45, 2.75) is 26.2 Å². The molecule has 0 N–H and O–H groups in total. The van der Waals surface area contributed by atoms with Gasteiger partial charge in [0.05, 0.1) is 15.9 Å². The predicted octanol–water partition coefficient (Wildman–Crippen LogP) is 4.26. The average molecular weight is 367 g/mol. The van der Waals surface area contributed by atoms with Crippen LogP contribution in [0.15, 0.2) is 57.7 Å². The molecular weight excluding hydrogens is 350 g/mol. The molecule has 2 aromatic carbocycles. The normalized spacial score (nSPS) is 10.7. The van der Waals surface area contributed by atoms with Crippen LogP contribution in [0.5, 0.6) is 5.75 Å². The molecule has 3 rings (SSSR count). The topological polar surface area (TPSA) is 99.7 Å². The van der Waals surface area contributed by atoms with Gasteiger partial charge in [-0.1, -0.05) is 37.6 Å². The molecule has 0 amide bonds. The summed E-state index contributed by atoms with van der Waals surface area (Å²) in [4.78, 5) is 35.6. The van der Waals surface area contributed by atoms with Crippen LogP contribution in [0.1, 0.15) is 35.7 Å². The van der Waals surface area contributed by atoms with E-state index in [1.807, 2.05) is 6.92 Å². The van der Waals surface area contributed by atoms with Crippen molar-refractivity contribution in [1.82, 2.24) is 0 Å². The van der Waals surface area contributed by atoms with Crippen molar-refractivity contribution >= 4 is 22.6 Å². The van der Waals surface area contributed by atoms with E-state index in [2.05, 4.69) is 0 Å². The third-order valence-electron chi connectivity index (χ3n) is 4.15. The zero-order valence-electron chi connectivity index (χ0n) is 14.6. The van der Waals surface area contributed by atoms with Crippen LogP contribution in [0.3, 0.4) is 0 Å². The fourth-order valence-corrected chi connectivity index (χ4v) is 2.80. The van der Waals surface area contributed by atoms with Crippen LogP contribution in [0, 0.1) is 10.1 Å². The summed E-state index contributed by atoms with van der Waals surface area (Å²) < 4.78 is 10.8. The molecule has 1 heterocycles. The molecule has 0 bridgehead atoms. The van der Waals surface area contributed by atoms with Gasteiger partial charge in [0.15, 0.2) is 5.75 Å². The van der Waals surface area contributed by atoms with E-state index < -0.39 is 16.5 Å². The van der Waals surface area contributed by atoms with E-state index >= 15 is 0 Å². The van der Waals surface area contributed by atoms with Gasteiger partial charge in [-0.2, -0.15) is 0 Å². The minimum absolute atomic E-state index is 0.0958. The first-order chi connectivity index (χ1) is 13.0. The van der Waals surface area contributed by atoms with Crippen molar-refractivity contribution < 1.29 is 18.9 Å². The maximum absolute atomic E-state index is 12.7. The lowest BCUT2D eigenvalue weighted by Gasteiger charge is -2.11. The smallest absolute Gasteiger partial charge is 0.350 e. The Labute approximate surface area is 154 Å². The molecule has 27 heavy (non-hydrogen) atoms. The Morgan fingerprint density at radius 3 is 2.59 bits per heavy atom. The van der Waals surface area contributed by atoms with Crippen LogP contribution in [0.2, 0.25) is 0 Å². The second kappa shape index (κ2) is 7.82. The minimum atomic E-state index is -0.893. The van der Waals surface area contributed by atoms with Crippen molar-refractivity contribution in [3.8, 4) is 5.75 Å². The molecule has 0 fully saturated rings. The summed E-state index contributed by atoms with van der Waals surface area (Å²) in [7, 11) is 0. The zero-order valence-corrected chi connectivity index (χ0v) is 14.6. The maximum Gasteiger partial charge on any atom is 0.350 e. The summed E-state index contributed by atoms with van der Waals surface area (Å²) in [6.07, 6.45) is 1.92. The van der Waals surface area contributed by atoms with Crippen LogP contribution in [-0.4, -0.2) is 10.9 Å². The number of carbonyl (C=O) groups is 1. The molecule has 3 aromatic rings. The standard InChI is InChI=1S/C20H17NO6/c1-2-3-8-15-18(14-10-5-7-12-17(14)26-20(15)23)27-19(22)13-9-4-6-11-16(13)21(24)25/h4-7,9-12H,2-3,8H2,1H3. The Balaban J connectivity index is 2.12. The number of para-hydroxylation sites is 2. The van der Waals surface area contributed by atoms with Gasteiger partial charge in [0.1, 0.15) is 11.1 Å². The number of unbranched alkanes of at least 4 members (excludes halogenated alkanes) is 1. The highest BCUT2D eigenvalue weighted by Crippen LogP contribution is 2.30. The van der Waals surface area contributed by atoms with Crippen LogP contribution >= 0.6 is 0 Å². The van der Waals surface area contributed by atoms with E-state index in [4.69, 9.17) is 9.15 Å². The summed E-state index contributed by atoms with van der Waals surface area (Å²) in [5.74, 6) is -0.797. The van der Waals surface area contributed by atoms with E-state index in [0.29, 0.717) is 18.2 Å². The lowest BCUT2D eigenvalue weighted by molar-refractivity contribution is -0.385. The van der Waals surface area contributed by atoms with Crippen molar-refractivity contribution in [3.63, 3.8) is 0 Å². The fraction of sp³-hybridized carbons (Fsp3) is 0.200. The molecule has 0 radical (unpaired) electrons. The van der Waals surface area contributed by atoms with Crippen LogP contribution in [0.4, 0.5) is 5.69 Å². The highest BCUT2D eigenvalue weighted by atomic mass is 16.6. The molecule has 0 aliphatic heterocycles. The number of nitro groups is 1. The van der Waals surface area contributed by atoms with Crippen LogP contribution in [0.25, 0.3) is 11.0 Å². The lowest BCUT2D eigenvalue weighted by Crippen LogP contribution is -2.16. The average Bonchev–Trinajstić information content (AvgIpc) is 2.67. The first-order valence-corrected chi connectivity index (χ1v) is 8.53. The molecule has 7 heteroatoms. The van der Waals surface area contributed by atoms with Gasteiger partial charge >= 0.3 is 11.6 Å². The number of fused-ring (bicyclic) bond motifs is 1. The van der Waals surface area contributed by atoms with Gasteiger partial charge in [-0.3, -0.25) is 10.1 Å². The van der Waals surface area contributed by atoms with Crippen molar-refractivity contribution in [3.05, 3.63) is 80.2 Å². The molecule has 138 valence electrons. The molecule has 0 spiro atoms. The van der Waals surface area contributed by atoms with E-state index in [1.54, 1.807) is 24.3 Å². The summed E-state index contributed by atoms with van der Waals surface area (Å²) in [6, 6.07) is 12.2. The zero-order chi connectivity index (χ0) is 19.4. The third-order valence-corrected chi connectivity index (χ3v) is 4.15. The van der Waals surface area contributed by atoms with E-state index in [1.165, 1.54) is 24.3 Å². The second-order valence-electron chi connectivity index (χ2n) is 5.96. The maximum atomic E-state index is 12.7. The summed E-state index contributed by atoms with van der Waals surface area (Å²) in [5, 5.41) is 11.7. The van der Waals surface area contributed by atoms with Gasteiger partial charge in [-0.15, -0.1) is 0 Å². The molecule has 0 saturated carbocycles. The highest BCUT2D eigenvalue weighted by Gasteiger charge is 2.24. The van der Waals surface area contributed by atoms with Crippen LogP contribution in [-0.2, 0) is 6.42 Å². The monoisotopic (exact) mass is 367 g/mol. The van der Waals surface area contributed by atoms with Gasteiger partial charge in [0.25, 0.3) is 5.69 Å². The number of benzene rings is 2. The lowest BCUT2D eigenvalue weighted by atomic mass is 10.1. The Kier molecular flexibility index (Phi) is 5.30. The number of hydrogen-bond donors (Lipinski definition) is 0. The van der Waals surface area contributed by atoms with Gasteiger partial charge in [0.2, 0.25) is 0 Å². The van der Waals surface area contributed by atoms with E-state index in [-0.39, 0.29) is 28.1 Å². The quantitative estimate of drug-likeness (QED) is 0.279. The summed E-state index contributed by atoms with van der Waals surface area (Å²) >= 11 is 0.